The Morgan fingerprint density at radius 1 is 1.62 bits per heavy atom. The van der Waals surface area contributed by atoms with Crippen LogP contribution >= 0.6 is 0 Å². The van der Waals surface area contributed by atoms with Crippen molar-refractivity contribution in [3.05, 3.63) is 5.82 Å². The van der Waals surface area contributed by atoms with Crippen molar-refractivity contribution in [3.8, 4) is 0 Å². The summed E-state index contributed by atoms with van der Waals surface area (Å²) in [5.41, 5.74) is 10.5. The Labute approximate surface area is 74.9 Å². The van der Waals surface area contributed by atoms with Crippen molar-refractivity contribution in [2.24, 2.45) is 5.73 Å². The Morgan fingerprint density at radius 3 is 2.92 bits per heavy atom. The van der Waals surface area contributed by atoms with Gasteiger partial charge in [-0.1, -0.05) is 0 Å². The number of aromatic nitrogens is 3. The van der Waals surface area contributed by atoms with E-state index in [1.165, 1.54) is 0 Å². The lowest BCUT2D eigenvalue weighted by molar-refractivity contribution is 0.0943. The molecule has 6 N–H and O–H groups in total. The fourth-order valence-electron chi connectivity index (χ4n) is 0.764. The van der Waals surface area contributed by atoms with E-state index >= 15 is 0 Å². The number of nitrogens with two attached hydrogens (primary N) is 2. The van der Waals surface area contributed by atoms with E-state index in [4.69, 9.17) is 11.5 Å². The minimum Gasteiger partial charge on any atom is -0.366 e. The Hall–Kier alpha value is -1.63. The molecular formula is C6H12N6O. The molecule has 0 aliphatic heterocycles. The fourth-order valence-corrected chi connectivity index (χ4v) is 0.764. The third-order valence-electron chi connectivity index (χ3n) is 1.38. The highest BCUT2D eigenvalue weighted by Gasteiger charge is 2.08. The molecule has 0 saturated carbocycles. The van der Waals surface area contributed by atoms with Gasteiger partial charge in [0.2, 0.25) is 11.8 Å². The van der Waals surface area contributed by atoms with E-state index in [0.717, 1.165) is 6.42 Å². The molecule has 0 unspecified atom stereocenters. The number of hydrogen-bond donors (Lipinski definition) is 4. The Bertz CT molecular complexity index is 282. The molecule has 13 heavy (non-hydrogen) atoms. The van der Waals surface area contributed by atoms with Gasteiger partial charge in [-0.25, -0.2) is 0 Å². The molecular weight excluding hydrogens is 172 g/mol. The number of nitrogen functional groups attached to an aromatic ring is 1. The molecule has 0 fully saturated rings. The molecule has 0 aliphatic rings. The first-order valence-corrected chi connectivity index (χ1v) is 3.90. The van der Waals surface area contributed by atoms with Gasteiger partial charge in [-0.3, -0.25) is 9.89 Å². The highest BCUT2D eigenvalue weighted by Crippen LogP contribution is 1.91. The summed E-state index contributed by atoms with van der Waals surface area (Å²) >= 11 is 0. The molecule has 0 aromatic carbocycles. The zero-order chi connectivity index (χ0) is 9.68. The predicted molar refractivity (Wildman–Crippen MR) is 46.8 cm³/mol. The van der Waals surface area contributed by atoms with E-state index in [1.54, 1.807) is 0 Å². The minimum absolute atomic E-state index is 0.0592. The molecule has 1 rings (SSSR count). The van der Waals surface area contributed by atoms with Gasteiger partial charge in [0, 0.05) is 6.54 Å². The van der Waals surface area contributed by atoms with Crippen molar-refractivity contribution in [1.29, 1.82) is 0 Å². The van der Waals surface area contributed by atoms with Crippen LogP contribution in [0, 0.1) is 0 Å². The maximum absolute atomic E-state index is 11.2. The summed E-state index contributed by atoms with van der Waals surface area (Å²) in [6, 6.07) is 0. The van der Waals surface area contributed by atoms with Crippen LogP contribution in [0.2, 0.25) is 0 Å². The molecule has 7 heteroatoms. The number of carbonyl (C=O) groups excluding carboxylic acids is 1. The van der Waals surface area contributed by atoms with Crippen molar-refractivity contribution >= 4 is 11.9 Å². The van der Waals surface area contributed by atoms with Gasteiger partial charge in [-0.05, 0) is 13.0 Å². The van der Waals surface area contributed by atoms with E-state index in [0.29, 0.717) is 13.1 Å². The highest BCUT2D eigenvalue weighted by atomic mass is 16.2. The second-order valence-corrected chi connectivity index (χ2v) is 2.44. The minimum atomic E-state index is -0.322. The Morgan fingerprint density at radius 2 is 2.38 bits per heavy atom. The van der Waals surface area contributed by atoms with E-state index in [1.807, 2.05) is 0 Å². The zero-order valence-electron chi connectivity index (χ0n) is 7.08. The molecule has 0 spiro atoms. The number of nitrogens with one attached hydrogen (secondary N) is 2. The molecule has 1 amide bonds. The summed E-state index contributed by atoms with van der Waals surface area (Å²) in [4.78, 5) is 14.8. The van der Waals surface area contributed by atoms with Gasteiger partial charge in [-0.2, -0.15) is 4.98 Å². The lowest BCUT2D eigenvalue weighted by atomic mass is 10.4. The second kappa shape index (κ2) is 4.41. The third-order valence-corrected chi connectivity index (χ3v) is 1.38. The molecule has 1 aromatic rings. The average Bonchev–Trinajstić information content (AvgIpc) is 2.52. The van der Waals surface area contributed by atoms with Crippen molar-refractivity contribution in [2.45, 2.75) is 6.42 Å². The van der Waals surface area contributed by atoms with Crippen LogP contribution in [0.25, 0.3) is 0 Å². The number of aromatic amines is 1. The predicted octanol–water partition coefficient (Wildman–Crippen LogP) is -1.53. The topological polar surface area (TPSA) is 123 Å². The van der Waals surface area contributed by atoms with Crippen LogP contribution in [-0.4, -0.2) is 34.2 Å². The number of rotatable bonds is 4. The Kier molecular flexibility index (Phi) is 3.21. The van der Waals surface area contributed by atoms with Crippen LogP contribution in [0.5, 0.6) is 0 Å². The number of H-pyrrole nitrogens is 1. The van der Waals surface area contributed by atoms with Crippen LogP contribution in [-0.2, 0) is 0 Å². The number of hydrogen-bond acceptors (Lipinski definition) is 5. The monoisotopic (exact) mass is 184 g/mol. The normalized spacial score (nSPS) is 9.92. The number of nitrogens with zero attached hydrogens (tertiary/aromatic N) is 2. The van der Waals surface area contributed by atoms with E-state index < -0.39 is 0 Å². The van der Waals surface area contributed by atoms with Gasteiger partial charge < -0.3 is 16.8 Å². The van der Waals surface area contributed by atoms with Crippen LogP contribution in [0.4, 0.5) is 5.95 Å². The van der Waals surface area contributed by atoms with E-state index in [9.17, 15) is 4.79 Å². The molecule has 0 atom stereocenters. The van der Waals surface area contributed by atoms with Crippen molar-refractivity contribution in [1.82, 2.24) is 20.5 Å². The number of carbonyl (C=O) groups is 1. The standard InChI is InChI=1S/C6H12N6O/c7-2-1-3-9-5(13)4-10-6(8)12-11-4/h1-3,7H2,(H,9,13)(H3,8,10,11,12). The third kappa shape index (κ3) is 2.71. The largest absolute Gasteiger partial charge is 0.366 e. The first kappa shape index (κ1) is 9.46. The SMILES string of the molecule is NCCCNC(=O)c1nc(N)n[nH]1. The fraction of sp³-hybridized carbons (Fsp3) is 0.500. The highest BCUT2D eigenvalue weighted by molar-refractivity contribution is 5.90. The molecule has 0 bridgehead atoms. The van der Waals surface area contributed by atoms with Gasteiger partial charge >= 0.3 is 0 Å². The van der Waals surface area contributed by atoms with Crippen molar-refractivity contribution in [2.75, 3.05) is 18.8 Å². The lowest BCUT2D eigenvalue weighted by Gasteiger charge is -1.99. The smallest absolute Gasteiger partial charge is 0.288 e. The first-order valence-electron chi connectivity index (χ1n) is 3.90. The molecule has 7 nitrogen and oxygen atoms in total. The molecule has 1 aromatic heterocycles. The molecule has 0 radical (unpaired) electrons. The zero-order valence-corrected chi connectivity index (χ0v) is 7.08. The van der Waals surface area contributed by atoms with Gasteiger partial charge in [-0.15, -0.1) is 5.10 Å². The maximum Gasteiger partial charge on any atom is 0.288 e. The maximum atomic E-state index is 11.2. The van der Waals surface area contributed by atoms with E-state index in [2.05, 4.69) is 20.5 Å². The van der Waals surface area contributed by atoms with Crippen LogP contribution in [0.15, 0.2) is 0 Å². The number of anilines is 1. The quantitative estimate of drug-likeness (QED) is 0.422. The van der Waals surface area contributed by atoms with Crippen molar-refractivity contribution < 1.29 is 4.79 Å². The lowest BCUT2D eigenvalue weighted by Crippen LogP contribution is -2.26. The van der Waals surface area contributed by atoms with Gasteiger partial charge in [0.15, 0.2) is 0 Å². The molecule has 0 aliphatic carbocycles. The van der Waals surface area contributed by atoms with Crippen LogP contribution in [0.1, 0.15) is 17.0 Å². The summed E-state index contributed by atoms with van der Waals surface area (Å²) in [5, 5.41) is 8.53. The first-order chi connectivity index (χ1) is 6.24. The van der Waals surface area contributed by atoms with Gasteiger partial charge in [0.25, 0.3) is 5.91 Å². The molecule has 72 valence electrons. The average molecular weight is 184 g/mol. The number of amides is 1. The summed E-state index contributed by atoms with van der Waals surface area (Å²) in [6.07, 6.45) is 0.732. The Balaban J connectivity index is 2.40. The van der Waals surface area contributed by atoms with Gasteiger partial charge in [0.1, 0.15) is 0 Å². The van der Waals surface area contributed by atoms with E-state index in [-0.39, 0.29) is 17.7 Å². The summed E-state index contributed by atoms with van der Waals surface area (Å²) in [6.45, 7) is 1.06. The van der Waals surface area contributed by atoms with Crippen LogP contribution in [0.3, 0.4) is 0 Å². The van der Waals surface area contributed by atoms with Gasteiger partial charge in [0.05, 0.1) is 0 Å². The van der Waals surface area contributed by atoms with Crippen LogP contribution < -0.4 is 16.8 Å². The summed E-state index contributed by atoms with van der Waals surface area (Å²) in [5.74, 6) is -0.142. The summed E-state index contributed by atoms with van der Waals surface area (Å²) in [7, 11) is 0. The molecule has 1 heterocycles. The summed E-state index contributed by atoms with van der Waals surface area (Å²) < 4.78 is 0. The second-order valence-electron chi connectivity index (χ2n) is 2.44. The molecule has 0 saturated heterocycles. The van der Waals surface area contributed by atoms with Crippen molar-refractivity contribution in [3.63, 3.8) is 0 Å².